The van der Waals surface area contributed by atoms with Gasteiger partial charge in [0.25, 0.3) is 0 Å². The molecule has 0 bridgehead atoms. The molecule has 86 valence electrons. The first kappa shape index (κ1) is 13.2. The second-order valence-corrected chi connectivity index (χ2v) is 4.65. The van der Waals surface area contributed by atoms with Crippen molar-refractivity contribution in [2.75, 3.05) is 0 Å². The topological polar surface area (TPSA) is 38.7 Å². The molecule has 3 heterocycles. The first-order valence-electron chi connectivity index (χ1n) is 4.65. The molecule has 0 aliphatic carbocycles. The van der Waals surface area contributed by atoms with Crippen LogP contribution < -0.4 is 0 Å². The predicted octanol–water partition coefficient (Wildman–Crippen LogP) is 3.41. The first-order chi connectivity index (χ1) is 7.83. The molecule has 3 aromatic rings. The number of thiazole rings is 1. The molecule has 0 aliphatic heterocycles. The average Bonchev–Trinajstić information content (AvgIpc) is 2.73. The molecule has 0 unspecified atom stereocenters. The molecule has 0 saturated carbocycles. The molecule has 6 heteroatoms. The van der Waals surface area contributed by atoms with Gasteiger partial charge in [0.05, 0.1) is 10.9 Å². The monoisotopic (exact) mass is 287 g/mol. The number of rotatable bonds is 1. The van der Waals surface area contributed by atoms with Gasteiger partial charge in [0.2, 0.25) is 0 Å². The van der Waals surface area contributed by atoms with Crippen LogP contribution in [-0.2, 0) is 0 Å². The number of pyridine rings is 2. The van der Waals surface area contributed by atoms with E-state index in [1.165, 1.54) is 0 Å². The Balaban J connectivity index is 0.00000108. The molecule has 0 N–H and O–H groups in total. The van der Waals surface area contributed by atoms with Gasteiger partial charge in [-0.25, -0.2) is 9.97 Å². The SMILES string of the molecule is Clc1cc2sc(-c3cccnc3)nc2cn1.[Ar]. The van der Waals surface area contributed by atoms with Crippen molar-refractivity contribution in [1.82, 2.24) is 15.0 Å². The van der Waals surface area contributed by atoms with Gasteiger partial charge in [-0.2, -0.15) is 0 Å². The van der Waals surface area contributed by atoms with Crippen LogP contribution in [-0.4, -0.2) is 15.0 Å². The predicted molar refractivity (Wildman–Crippen MR) is 65.7 cm³/mol. The minimum Gasteiger partial charge on any atom is -0.264 e. The molecule has 3 rings (SSSR count). The standard InChI is InChI=1S/C11H6ClN3S.Ar/c12-10-4-9-8(6-14-10)15-11(16-9)7-2-1-3-13-5-7;/h1-6H;. The molecule has 0 atom stereocenters. The number of hydrogen-bond acceptors (Lipinski definition) is 4. The molecule has 3 nitrogen and oxygen atoms in total. The average molecular weight is 288 g/mol. The van der Waals surface area contributed by atoms with Gasteiger partial charge in [-0.05, 0) is 18.2 Å². The Hall–Kier alpha value is -0.260. The number of fused-ring (bicyclic) bond motifs is 1. The van der Waals surface area contributed by atoms with Crippen molar-refractivity contribution in [3.05, 3.63) is 41.9 Å². The van der Waals surface area contributed by atoms with Gasteiger partial charge in [-0.1, -0.05) is 11.6 Å². The van der Waals surface area contributed by atoms with Gasteiger partial charge in [0, 0.05) is 55.7 Å². The van der Waals surface area contributed by atoms with Crippen LogP contribution in [0.1, 0.15) is 0 Å². The quantitative estimate of drug-likeness (QED) is 0.644. The van der Waals surface area contributed by atoms with Crippen LogP contribution in [0.3, 0.4) is 0 Å². The summed E-state index contributed by atoms with van der Waals surface area (Å²) in [5.74, 6) is 0. The summed E-state index contributed by atoms with van der Waals surface area (Å²) in [5.41, 5.74) is 1.88. The summed E-state index contributed by atoms with van der Waals surface area (Å²) in [7, 11) is 0. The second kappa shape index (κ2) is 5.59. The molecule has 0 aliphatic rings. The third-order valence-corrected chi connectivity index (χ3v) is 3.42. The van der Waals surface area contributed by atoms with E-state index in [0.717, 1.165) is 20.8 Å². The molecule has 0 aromatic carbocycles. The van der Waals surface area contributed by atoms with Crippen molar-refractivity contribution >= 4 is 33.2 Å². The second-order valence-electron chi connectivity index (χ2n) is 3.24. The van der Waals surface area contributed by atoms with Crippen LogP contribution in [0.5, 0.6) is 0 Å². The maximum atomic E-state index is 5.83. The van der Waals surface area contributed by atoms with E-state index in [0.29, 0.717) is 5.15 Å². The molecule has 0 spiro atoms. The summed E-state index contributed by atoms with van der Waals surface area (Å²) in [6, 6.07) is 5.71. The van der Waals surface area contributed by atoms with Gasteiger partial charge in [-0.15, -0.1) is 11.3 Å². The van der Waals surface area contributed by atoms with E-state index >= 15 is 0 Å². The van der Waals surface area contributed by atoms with Crippen LogP contribution in [0.4, 0.5) is 0 Å². The van der Waals surface area contributed by atoms with E-state index < -0.39 is 0 Å². The van der Waals surface area contributed by atoms with E-state index in [9.17, 15) is 0 Å². The van der Waals surface area contributed by atoms with Crippen molar-refractivity contribution in [3.8, 4) is 10.6 Å². The third kappa shape index (κ3) is 2.77. The smallest absolute Gasteiger partial charge is 0.130 e. The Bertz CT molecular complexity index is 642. The largest absolute Gasteiger partial charge is 0.264 e. The number of halogens is 1. The maximum absolute atomic E-state index is 5.83. The van der Waals surface area contributed by atoms with Crippen molar-refractivity contribution < 1.29 is 37.7 Å². The van der Waals surface area contributed by atoms with E-state index in [1.807, 2.05) is 18.2 Å². The van der Waals surface area contributed by atoms with Crippen LogP contribution in [0.25, 0.3) is 20.8 Å². The van der Waals surface area contributed by atoms with Crippen molar-refractivity contribution in [3.63, 3.8) is 0 Å². The summed E-state index contributed by atoms with van der Waals surface area (Å²) in [6.07, 6.45) is 5.23. The normalized spacial score (nSPS) is 10.2. The van der Waals surface area contributed by atoms with Crippen LogP contribution in [0.2, 0.25) is 5.15 Å². The molecule has 0 radical (unpaired) electrons. The number of nitrogens with zero attached hydrogens (tertiary/aromatic N) is 3. The Morgan fingerprint density at radius 3 is 2.88 bits per heavy atom. The van der Waals surface area contributed by atoms with E-state index in [2.05, 4.69) is 15.0 Å². The fourth-order valence-electron chi connectivity index (χ4n) is 1.42. The molecule has 3 aromatic heterocycles. The fourth-order valence-corrected chi connectivity index (χ4v) is 2.61. The zero-order valence-corrected chi connectivity index (χ0v) is 10.7. The Kier molecular flexibility index (Phi) is 4.33. The summed E-state index contributed by atoms with van der Waals surface area (Å²) < 4.78 is 1.04. The van der Waals surface area contributed by atoms with Crippen molar-refractivity contribution in [2.24, 2.45) is 0 Å². The molecular weight excluding hydrogens is 282 g/mol. The van der Waals surface area contributed by atoms with Gasteiger partial charge in [0.1, 0.15) is 15.7 Å². The van der Waals surface area contributed by atoms with Crippen LogP contribution in [0.15, 0.2) is 36.8 Å². The van der Waals surface area contributed by atoms with Crippen molar-refractivity contribution in [1.29, 1.82) is 0 Å². The van der Waals surface area contributed by atoms with Crippen LogP contribution >= 0.6 is 22.9 Å². The molecule has 0 saturated heterocycles. The molecule has 0 fully saturated rings. The fraction of sp³-hybridized carbons (Fsp3) is 0. The van der Waals surface area contributed by atoms with Crippen molar-refractivity contribution in [2.45, 2.75) is 0 Å². The summed E-state index contributed by atoms with van der Waals surface area (Å²) >= 11 is 7.42. The van der Waals surface area contributed by atoms with E-state index in [1.54, 1.807) is 29.9 Å². The maximum Gasteiger partial charge on any atom is 0.130 e. The Labute approximate surface area is 137 Å². The minimum absolute atomic E-state index is 0. The summed E-state index contributed by atoms with van der Waals surface area (Å²) in [4.78, 5) is 12.6. The molecule has 0 amide bonds. The number of aromatic nitrogens is 3. The molecule has 17 heavy (non-hydrogen) atoms. The first-order valence-corrected chi connectivity index (χ1v) is 5.85. The number of hydrogen-bond donors (Lipinski definition) is 0. The van der Waals surface area contributed by atoms with Gasteiger partial charge >= 0.3 is 0 Å². The zero-order chi connectivity index (χ0) is 11.0. The van der Waals surface area contributed by atoms with E-state index in [-0.39, 0.29) is 37.7 Å². The Morgan fingerprint density at radius 1 is 1.24 bits per heavy atom. The third-order valence-electron chi connectivity index (χ3n) is 2.15. The summed E-state index contributed by atoms with van der Waals surface area (Å²) in [6.45, 7) is 0. The summed E-state index contributed by atoms with van der Waals surface area (Å²) in [5, 5.41) is 1.43. The van der Waals surface area contributed by atoms with Gasteiger partial charge in [-0.3, -0.25) is 4.98 Å². The van der Waals surface area contributed by atoms with Gasteiger partial charge in [0.15, 0.2) is 0 Å². The minimum atomic E-state index is 0. The van der Waals surface area contributed by atoms with E-state index in [4.69, 9.17) is 11.6 Å². The Morgan fingerprint density at radius 2 is 2.12 bits per heavy atom. The van der Waals surface area contributed by atoms with Crippen LogP contribution in [0, 0.1) is 37.7 Å². The zero-order valence-electron chi connectivity index (χ0n) is 8.45. The molecular formula is C11H6ArClN3S. The van der Waals surface area contributed by atoms with Gasteiger partial charge < -0.3 is 0 Å².